The highest BCUT2D eigenvalue weighted by atomic mass is 32.1. The molecule has 1 aromatic carbocycles. The quantitative estimate of drug-likeness (QED) is 0.727. The Morgan fingerprint density at radius 3 is 2.78 bits per heavy atom. The zero-order valence-corrected chi connectivity index (χ0v) is 13.3. The second-order valence-corrected chi connectivity index (χ2v) is 6.00. The standard InChI is InChI=1S/C17H15N3O2S/c1-12-7-8-14(22-12)9-10-15(21)18-17-20-19-16(23-17)11-13-5-3-2-4-6-13/h2-10H,11H2,1H3,(H,18,20,21). The van der Waals surface area contributed by atoms with Gasteiger partial charge in [-0.1, -0.05) is 41.7 Å². The first-order chi connectivity index (χ1) is 11.2. The van der Waals surface area contributed by atoms with E-state index in [0.717, 1.165) is 16.3 Å². The summed E-state index contributed by atoms with van der Waals surface area (Å²) in [4.78, 5) is 11.9. The van der Waals surface area contributed by atoms with Gasteiger partial charge in [-0.25, -0.2) is 0 Å². The van der Waals surface area contributed by atoms with Crippen LogP contribution in [0, 0.1) is 6.92 Å². The van der Waals surface area contributed by atoms with E-state index in [1.165, 1.54) is 17.4 Å². The number of nitrogens with zero attached hydrogens (tertiary/aromatic N) is 2. The van der Waals surface area contributed by atoms with Gasteiger partial charge < -0.3 is 4.42 Å². The number of benzene rings is 1. The van der Waals surface area contributed by atoms with E-state index in [4.69, 9.17) is 4.42 Å². The van der Waals surface area contributed by atoms with Crippen LogP contribution in [0.1, 0.15) is 22.1 Å². The lowest BCUT2D eigenvalue weighted by Gasteiger charge is -1.95. The SMILES string of the molecule is Cc1ccc(C=CC(=O)Nc2nnc(Cc3ccccc3)s2)o1. The van der Waals surface area contributed by atoms with Gasteiger partial charge in [0.2, 0.25) is 11.0 Å². The second kappa shape index (κ2) is 7.02. The number of anilines is 1. The molecule has 2 aromatic heterocycles. The van der Waals surface area contributed by atoms with Crippen molar-refractivity contribution in [3.05, 3.63) is 70.6 Å². The molecule has 2 heterocycles. The van der Waals surface area contributed by atoms with Crippen LogP contribution in [0.5, 0.6) is 0 Å². The smallest absolute Gasteiger partial charge is 0.250 e. The molecule has 116 valence electrons. The summed E-state index contributed by atoms with van der Waals surface area (Å²) in [7, 11) is 0. The lowest BCUT2D eigenvalue weighted by molar-refractivity contribution is -0.111. The third kappa shape index (κ3) is 4.37. The maximum Gasteiger partial charge on any atom is 0.250 e. The van der Waals surface area contributed by atoms with E-state index < -0.39 is 0 Å². The molecule has 1 N–H and O–H groups in total. The molecule has 0 saturated heterocycles. The van der Waals surface area contributed by atoms with E-state index in [1.807, 2.05) is 49.4 Å². The number of amides is 1. The van der Waals surface area contributed by atoms with E-state index in [1.54, 1.807) is 6.08 Å². The van der Waals surface area contributed by atoms with Crippen molar-refractivity contribution in [1.82, 2.24) is 10.2 Å². The average molecular weight is 325 g/mol. The fourth-order valence-electron chi connectivity index (χ4n) is 1.99. The third-order valence-corrected chi connectivity index (χ3v) is 3.89. The maximum atomic E-state index is 11.9. The van der Waals surface area contributed by atoms with Crippen LogP contribution in [-0.4, -0.2) is 16.1 Å². The van der Waals surface area contributed by atoms with Gasteiger partial charge in [-0.05, 0) is 30.7 Å². The molecule has 0 aliphatic rings. The first-order valence-electron chi connectivity index (χ1n) is 7.11. The number of hydrogen-bond donors (Lipinski definition) is 1. The van der Waals surface area contributed by atoms with Crippen molar-refractivity contribution in [2.45, 2.75) is 13.3 Å². The van der Waals surface area contributed by atoms with Crippen LogP contribution in [-0.2, 0) is 11.2 Å². The van der Waals surface area contributed by atoms with Crippen LogP contribution in [0.2, 0.25) is 0 Å². The number of rotatable bonds is 5. The normalized spacial score (nSPS) is 11.0. The molecule has 0 saturated carbocycles. The Balaban J connectivity index is 1.58. The van der Waals surface area contributed by atoms with Gasteiger partial charge >= 0.3 is 0 Å². The largest absolute Gasteiger partial charge is 0.462 e. The van der Waals surface area contributed by atoms with E-state index in [0.29, 0.717) is 17.3 Å². The summed E-state index contributed by atoms with van der Waals surface area (Å²) >= 11 is 1.37. The van der Waals surface area contributed by atoms with Crippen LogP contribution in [0.4, 0.5) is 5.13 Å². The molecule has 3 rings (SSSR count). The van der Waals surface area contributed by atoms with Crippen LogP contribution in [0.15, 0.2) is 53.0 Å². The number of carbonyl (C=O) groups is 1. The number of aryl methyl sites for hydroxylation is 1. The molecule has 0 aliphatic heterocycles. The van der Waals surface area contributed by atoms with Gasteiger partial charge in [-0.3, -0.25) is 10.1 Å². The van der Waals surface area contributed by atoms with Crippen LogP contribution in [0.3, 0.4) is 0 Å². The first-order valence-corrected chi connectivity index (χ1v) is 7.92. The Morgan fingerprint density at radius 2 is 2.04 bits per heavy atom. The Kier molecular flexibility index (Phi) is 4.63. The molecular formula is C17H15N3O2S. The highest BCUT2D eigenvalue weighted by Crippen LogP contribution is 2.18. The number of hydrogen-bond acceptors (Lipinski definition) is 5. The van der Waals surface area contributed by atoms with Gasteiger partial charge in [0, 0.05) is 12.5 Å². The Labute approximate surface area is 137 Å². The first kappa shape index (κ1) is 15.2. The molecule has 0 radical (unpaired) electrons. The summed E-state index contributed by atoms with van der Waals surface area (Å²) in [6.45, 7) is 1.85. The lowest BCUT2D eigenvalue weighted by Crippen LogP contribution is -2.07. The molecule has 3 aromatic rings. The average Bonchev–Trinajstić information content (AvgIpc) is 3.15. The maximum absolute atomic E-state index is 11.9. The molecule has 6 heteroatoms. The van der Waals surface area contributed by atoms with Crippen molar-refractivity contribution >= 4 is 28.5 Å². The summed E-state index contributed by atoms with van der Waals surface area (Å²) in [6.07, 6.45) is 3.74. The summed E-state index contributed by atoms with van der Waals surface area (Å²) in [5.74, 6) is 1.18. The predicted molar refractivity (Wildman–Crippen MR) is 90.3 cm³/mol. The molecule has 0 atom stereocenters. The summed E-state index contributed by atoms with van der Waals surface area (Å²) in [6, 6.07) is 13.7. The van der Waals surface area contributed by atoms with Gasteiger partial charge in [0.1, 0.15) is 16.5 Å². The predicted octanol–water partition coefficient (Wildman–Crippen LogP) is 3.68. The minimum Gasteiger partial charge on any atom is -0.462 e. The minimum atomic E-state index is -0.263. The second-order valence-electron chi connectivity index (χ2n) is 4.93. The third-order valence-electron chi connectivity index (χ3n) is 3.06. The number of carbonyl (C=O) groups excluding carboxylic acids is 1. The molecule has 23 heavy (non-hydrogen) atoms. The van der Waals surface area contributed by atoms with E-state index >= 15 is 0 Å². The zero-order valence-electron chi connectivity index (χ0n) is 12.5. The van der Waals surface area contributed by atoms with Crippen molar-refractivity contribution in [3.63, 3.8) is 0 Å². The highest BCUT2D eigenvalue weighted by molar-refractivity contribution is 7.15. The molecular weight excluding hydrogens is 310 g/mol. The molecule has 5 nitrogen and oxygen atoms in total. The monoisotopic (exact) mass is 325 g/mol. The van der Waals surface area contributed by atoms with Crippen molar-refractivity contribution in [2.24, 2.45) is 0 Å². The summed E-state index contributed by atoms with van der Waals surface area (Å²) in [5.41, 5.74) is 1.16. The van der Waals surface area contributed by atoms with Crippen LogP contribution < -0.4 is 5.32 Å². The Bertz CT molecular complexity index is 821. The summed E-state index contributed by atoms with van der Waals surface area (Å²) in [5, 5.41) is 12.1. The molecule has 0 bridgehead atoms. The van der Waals surface area contributed by atoms with Gasteiger partial charge in [0.05, 0.1) is 0 Å². The Morgan fingerprint density at radius 1 is 1.22 bits per heavy atom. The van der Waals surface area contributed by atoms with Crippen LogP contribution in [0.25, 0.3) is 6.08 Å². The van der Waals surface area contributed by atoms with Gasteiger partial charge in [-0.15, -0.1) is 10.2 Å². The van der Waals surface area contributed by atoms with E-state index in [2.05, 4.69) is 15.5 Å². The number of nitrogens with one attached hydrogen (secondary N) is 1. The molecule has 0 fully saturated rings. The van der Waals surface area contributed by atoms with Crippen LogP contribution >= 0.6 is 11.3 Å². The zero-order chi connectivity index (χ0) is 16.1. The van der Waals surface area contributed by atoms with E-state index in [9.17, 15) is 4.79 Å². The van der Waals surface area contributed by atoms with Crippen molar-refractivity contribution in [1.29, 1.82) is 0 Å². The van der Waals surface area contributed by atoms with Gasteiger partial charge in [-0.2, -0.15) is 0 Å². The van der Waals surface area contributed by atoms with E-state index in [-0.39, 0.29) is 5.91 Å². The number of aromatic nitrogens is 2. The molecule has 0 spiro atoms. The molecule has 0 aliphatic carbocycles. The molecule has 1 amide bonds. The van der Waals surface area contributed by atoms with Gasteiger partial charge in [0.15, 0.2) is 0 Å². The van der Waals surface area contributed by atoms with Crippen molar-refractivity contribution in [2.75, 3.05) is 5.32 Å². The van der Waals surface area contributed by atoms with Gasteiger partial charge in [0.25, 0.3) is 0 Å². The van der Waals surface area contributed by atoms with Crippen molar-refractivity contribution in [3.8, 4) is 0 Å². The topological polar surface area (TPSA) is 68.0 Å². The summed E-state index contributed by atoms with van der Waals surface area (Å²) < 4.78 is 5.36. The number of furan rings is 1. The fraction of sp³-hybridized carbons (Fsp3) is 0.118. The van der Waals surface area contributed by atoms with Crippen molar-refractivity contribution < 1.29 is 9.21 Å². The fourth-order valence-corrected chi connectivity index (χ4v) is 2.77. The highest BCUT2D eigenvalue weighted by Gasteiger charge is 2.07. The lowest BCUT2D eigenvalue weighted by atomic mass is 10.2. The molecule has 0 unspecified atom stereocenters. The minimum absolute atomic E-state index is 0.263. The Hall–Kier alpha value is -2.73.